The molecule has 0 heterocycles. The molecule has 0 saturated heterocycles. The van der Waals surface area contributed by atoms with E-state index < -0.39 is 97.5 Å². The van der Waals surface area contributed by atoms with Crippen LogP contribution in [-0.2, 0) is 65.4 Å². The highest BCUT2D eigenvalue weighted by Crippen LogP contribution is 2.45. The number of carbonyl (C=O) groups excluding carboxylic acids is 4. The molecule has 0 bridgehead atoms. The van der Waals surface area contributed by atoms with Gasteiger partial charge in [-0.2, -0.15) is 0 Å². The third-order valence-electron chi connectivity index (χ3n) is 18.8. The van der Waals surface area contributed by atoms with Crippen molar-refractivity contribution in [1.29, 1.82) is 0 Å². The number of phosphoric ester groups is 2. The third-order valence-corrected chi connectivity index (χ3v) is 20.7. The van der Waals surface area contributed by atoms with Crippen molar-refractivity contribution < 1.29 is 80.2 Å². The van der Waals surface area contributed by atoms with Crippen molar-refractivity contribution in [2.45, 2.75) is 432 Å². The quantitative estimate of drug-likeness (QED) is 0.0222. The van der Waals surface area contributed by atoms with Gasteiger partial charge in [0.05, 0.1) is 26.4 Å². The fraction of sp³-hybridized carbons (Fsp3) is 0.949. The van der Waals surface area contributed by atoms with Crippen LogP contribution in [0.25, 0.3) is 0 Å². The Bertz CT molecular complexity index is 1890. The maximum absolute atomic E-state index is 13.1. The zero-order chi connectivity index (χ0) is 72.1. The first-order valence-electron chi connectivity index (χ1n) is 41.0. The summed E-state index contributed by atoms with van der Waals surface area (Å²) in [4.78, 5) is 72.8. The van der Waals surface area contributed by atoms with Crippen molar-refractivity contribution in [2.24, 2.45) is 11.8 Å². The Labute approximate surface area is 600 Å². The van der Waals surface area contributed by atoms with Crippen LogP contribution < -0.4 is 0 Å². The highest BCUT2D eigenvalue weighted by atomic mass is 31.2. The molecule has 3 unspecified atom stereocenters. The summed E-state index contributed by atoms with van der Waals surface area (Å²) >= 11 is 0. The first kappa shape index (κ1) is 96.1. The van der Waals surface area contributed by atoms with Crippen molar-refractivity contribution in [3.8, 4) is 0 Å². The van der Waals surface area contributed by atoms with Crippen molar-refractivity contribution >= 4 is 39.5 Å². The summed E-state index contributed by atoms with van der Waals surface area (Å²) in [6.45, 7) is 9.65. The number of rotatable bonds is 78. The van der Waals surface area contributed by atoms with Gasteiger partial charge in [0.25, 0.3) is 0 Å². The molecule has 17 nitrogen and oxygen atoms in total. The van der Waals surface area contributed by atoms with E-state index in [1.807, 2.05) is 0 Å². The molecule has 6 atom stereocenters. The van der Waals surface area contributed by atoms with E-state index in [-0.39, 0.29) is 25.7 Å². The summed E-state index contributed by atoms with van der Waals surface area (Å²) in [5, 5.41) is 10.6. The first-order valence-corrected chi connectivity index (χ1v) is 44.0. The largest absolute Gasteiger partial charge is 0.472 e. The predicted octanol–water partition coefficient (Wildman–Crippen LogP) is 23.5. The molecular weight excluding hydrogens is 1280 g/mol. The van der Waals surface area contributed by atoms with Gasteiger partial charge in [0, 0.05) is 25.7 Å². The van der Waals surface area contributed by atoms with E-state index in [0.29, 0.717) is 25.7 Å². The molecule has 0 rings (SSSR count). The standard InChI is InChI=1S/C79H154O17P2/c1-7-10-12-14-16-17-18-19-20-21-22-28-33-38-44-50-56-62-77(82)90-68-75(96-79(84)63-57-51-45-39-34-29-24-23-27-32-37-43-48-54-60-72(6)9-3)70-94-98(87,88)92-66-73(80)65-91-97(85,86)93-69-74(67-89-76(81)61-55-49-41-15-13-11-8-2)95-78(83)64-58-52-46-40-35-30-25-26-31-36-42-47-53-59-71(4)5/h71-75,80H,7-70H2,1-6H3,(H,85,86)(H,87,88)/t72?,73-,74+,75+/m0/s1. The molecule has 0 aliphatic heterocycles. The van der Waals surface area contributed by atoms with Gasteiger partial charge in [-0.3, -0.25) is 37.3 Å². The molecule has 19 heteroatoms. The fourth-order valence-corrected chi connectivity index (χ4v) is 13.7. The van der Waals surface area contributed by atoms with Gasteiger partial charge in [0.2, 0.25) is 0 Å². The van der Waals surface area contributed by atoms with Crippen molar-refractivity contribution in [3.05, 3.63) is 0 Å². The lowest BCUT2D eigenvalue weighted by Gasteiger charge is -2.21. The maximum atomic E-state index is 13.1. The average Bonchev–Trinajstić information content (AvgIpc) is 1.05. The Kier molecular flexibility index (Phi) is 69.3. The number of ether oxygens (including phenoxy) is 4. The SMILES string of the molecule is CCCCCCCCCCCCCCCCCCCC(=O)OC[C@H](COP(=O)(O)OC[C@@H](O)COP(=O)(O)OC[C@@H](COC(=O)CCCCCCCCC)OC(=O)CCCCCCCCCCCCCCCC(C)C)OC(=O)CCCCCCCCCCCCCCCCC(C)CC. The number of phosphoric acid groups is 2. The average molecular weight is 1440 g/mol. The number of aliphatic hydroxyl groups excluding tert-OH is 1. The summed E-state index contributed by atoms with van der Waals surface area (Å²) < 4.78 is 68.6. The highest BCUT2D eigenvalue weighted by molar-refractivity contribution is 7.47. The van der Waals surface area contributed by atoms with E-state index in [0.717, 1.165) is 115 Å². The number of esters is 4. The summed E-state index contributed by atoms with van der Waals surface area (Å²) in [6.07, 6.45) is 59.7. The number of hydrogen-bond acceptors (Lipinski definition) is 15. The van der Waals surface area contributed by atoms with Crippen LogP contribution in [0.5, 0.6) is 0 Å². The Balaban J connectivity index is 5.19. The van der Waals surface area contributed by atoms with Gasteiger partial charge in [-0.15, -0.1) is 0 Å². The summed E-state index contributed by atoms with van der Waals surface area (Å²) in [7, 11) is -9.91. The van der Waals surface area contributed by atoms with Crippen LogP contribution in [0, 0.1) is 11.8 Å². The number of carbonyl (C=O) groups is 4. The van der Waals surface area contributed by atoms with Gasteiger partial charge < -0.3 is 33.8 Å². The molecule has 0 radical (unpaired) electrons. The van der Waals surface area contributed by atoms with Gasteiger partial charge in [-0.25, -0.2) is 9.13 Å². The van der Waals surface area contributed by atoms with Gasteiger partial charge in [-0.1, -0.05) is 363 Å². The molecule has 98 heavy (non-hydrogen) atoms. The Morgan fingerprint density at radius 3 is 0.776 bits per heavy atom. The van der Waals surface area contributed by atoms with Crippen LogP contribution in [0.15, 0.2) is 0 Å². The molecule has 0 amide bonds. The lowest BCUT2D eigenvalue weighted by Crippen LogP contribution is -2.30. The lowest BCUT2D eigenvalue weighted by molar-refractivity contribution is -0.161. The third kappa shape index (κ3) is 71.1. The normalized spacial score (nSPS) is 14.2. The molecule has 0 aromatic carbocycles. The van der Waals surface area contributed by atoms with Gasteiger partial charge in [-0.05, 0) is 37.5 Å². The Morgan fingerprint density at radius 2 is 0.520 bits per heavy atom. The second-order valence-corrected chi connectivity index (χ2v) is 32.1. The number of hydrogen-bond donors (Lipinski definition) is 3. The van der Waals surface area contributed by atoms with Gasteiger partial charge >= 0.3 is 39.5 Å². The Hall–Kier alpha value is -1.94. The lowest BCUT2D eigenvalue weighted by atomic mass is 9.99. The smallest absolute Gasteiger partial charge is 0.462 e. The molecule has 0 aromatic rings. The minimum atomic E-state index is -4.96. The molecule has 0 fully saturated rings. The van der Waals surface area contributed by atoms with Crippen LogP contribution in [0.3, 0.4) is 0 Å². The molecule has 0 spiro atoms. The zero-order valence-corrected chi connectivity index (χ0v) is 65.9. The molecule has 0 aliphatic carbocycles. The summed E-state index contributed by atoms with van der Waals surface area (Å²) in [5.74, 6) is -0.482. The maximum Gasteiger partial charge on any atom is 0.472 e. The van der Waals surface area contributed by atoms with Gasteiger partial charge in [0.1, 0.15) is 19.3 Å². The second kappa shape index (κ2) is 70.7. The predicted molar refractivity (Wildman–Crippen MR) is 400 cm³/mol. The second-order valence-electron chi connectivity index (χ2n) is 29.2. The Morgan fingerprint density at radius 1 is 0.296 bits per heavy atom. The van der Waals surface area contributed by atoms with E-state index in [1.54, 1.807) is 0 Å². The van der Waals surface area contributed by atoms with E-state index in [4.69, 9.17) is 37.0 Å². The fourth-order valence-electron chi connectivity index (χ4n) is 12.2. The summed E-state index contributed by atoms with van der Waals surface area (Å²) in [5.41, 5.74) is 0. The molecule has 582 valence electrons. The molecule has 0 aromatic heterocycles. The van der Waals surface area contributed by atoms with Crippen molar-refractivity contribution in [3.63, 3.8) is 0 Å². The molecule has 0 saturated carbocycles. The van der Waals surface area contributed by atoms with E-state index in [2.05, 4.69) is 41.5 Å². The van der Waals surface area contributed by atoms with Crippen LogP contribution in [0.1, 0.15) is 414 Å². The number of aliphatic hydroxyl groups is 1. The molecule has 0 aliphatic rings. The molecule has 3 N–H and O–H groups in total. The van der Waals surface area contributed by atoms with E-state index in [1.165, 1.54) is 218 Å². The summed E-state index contributed by atoms with van der Waals surface area (Å²) in [6, 6.07) is 0. The minimum absolute atomic E-state index is 0.107. The van der Waals surface area contributed by atoms with Crippen LogP contribution in [0.4, 0.5) is 0 Å². The van der Waals surface area contributed by atoms with Crippen LogP contribution in [0.2, 0.25) is 0 Å². The molecular formula is C79H154O17P2. The van der Waals surface area contributed by atoms with E-state index >= 15 is 0 Å². The zero-order valence-electron chi connectivity index (χ0n) is 64.1. The van der Waals surface area contributed by atoms with Crippen molar-refractivity contribution in [2.75, 3.05) is 39.6 Å². The van der Waals surface area contributed by atoms with Crippen molar-refractivity contribution in [1.82, 2.24) is 0 Å². The van der Waals surface area contributed by atoms with Crippen LogP contribution in [-0.4, -0.2) is 96.7 Å². The minimum Gasteiger partial charge on any atom is -0.462 e. The van der Waals surface area contributed by atoms with Gasteiger partial charge in [0.15, 0.2) is 12.2 Å². The number of unbranched alkanes of at least 4 members (excludes halogenated alkanes) is 47. The van der Waals surface area contributed by atoms with Crippen LogP contribution >= 0.6 is 15.6 Å². The monoisotopic (exact) mass is 1440 g/mol. The first-order chi connectivity index (χ1) is 47.4. The van der Waals surface area contributed by atoms with E-state index in [9.17, 15) is 43.2 Å². The topological polar surface area (TPSA) is 237 Å². The highest BCUT2D eigenvalue weighted by Gasteiger charge is 2.30.